The summed E-state index contributed by atoms with van der Waals surface area (Å²) in [5.74, 6) is -0.222. The number of carbonyl (C=O) groups excluding carboxylic acids is 1. The molecule has 23 heavy (non-hydrogen) atoms. The number of anilines is 1. The van der Waals surface area contributed by atoms with E-state index in [1.807, 2.05) is 0 Å². The minimum absolute atomic E-state index is 0.199. The number of hydrogen-bond donors (Lipinski definition) is 1. The van der Waals surface area contributed by atoms with E-state index >= 15 is 0 Å². The van der Waals surface area contributed by atoms with E-state index in [1.54, 1.807) is 36.1 Å². The van der Waals surface area contributed by atoms with E-state index in [2.05, 4.69) is 21.2 Å². The minimum Gasteiger partial charge on any atom is -0.493 e. The van der Waals surface area contributed by atoms with Gasteiger partial charge in [0.1, 0.15) is 17.3 Å². The summed E-state index contributed by atoms with van der Waals surface area (Å²) < 4.78 is 20.4. The van der Waals surface area contributed by atoms with Gasteiger partial charge in [0.25, 0.3) is 0 Å². The van der Waals surface area contributed by atoms with E-state index < -0.39 is 0 Å². The quantitative estimate of drug-likeness (QED) is 0.780. The van der Waals surface area contributed by atoms with Gasteiger partial charge in [-0.2, -0.15) is 0 Å². The number of rotatable bonds is 6. The molecular formula is C16H16BrFN2O3. The van der Waals surface area contributed by atoms with E-state index in [4.69, 9.17) is 4.74 Å². The fraction of sp³-hybridized carbons (Fsp3) is 0.250. The van der Waals surface area contributed by atoms with Crippen LogP contribution in [0.15, 0.2) is 45.9 Å². The third-order valence-electron chi connectivity index (χ3n) is 3.00. The van der Waals surface area contributed by atoms with Gasteiger partial charge in [0.05, 0.1) is 11.1 Å². The first kappa shape index (κ1) is 17.2. The predicted molar refractivity (Wildman–Crippen MR) is 89.1 cm³/mol. The fourth-order valence-electron chi connectivity index (χ4n) is 1.95. The van der Waals surface area contributed by atoms with Crippen molar-refractivity contribution in [2.24, 2.45) is 7.05 Å². The van der Waals surface area contributed by atoms with E-state index in [-0.39, 0.29) is 35.9 Å². The minimum atomic E-state index is -0.370. The van der Waals surface area contributed by atoms with E-state index in [9.17, 15) is 14.0 Å². The first-order valence-electron chi connectivity index (χ1n) is 6.99. The van der Waals surface area contributed by atoms with Crippen LogP contribution in [-0.2, 0) is 11.8 Å². The van der Waals surface area contributed by atoms with Crippen LogP contribution in [0, 0.1) is 5.82 Å². The molecule has 122 valence electrons. The van der Waals surface area contributed by atoms with Crippen molar-refractivity contribution in [1.29, 1.82) is 0 Å². The highest BCUT2D eigenvalue weighted by Crippen LogP contribution is 2.12. The monoisotopic (exact) mass is 382 g/mol. The SMILES string of the molecule is Cn1cc(Br)c(=O)c(NC(=O)CCCOc2cccc(F)c2)c1. The molecule has 0 saturated carbocycles. The number of nitrogens with one attached hydrogen (secondary N) is 1. The van der Waals surface area contributed by atoms with Gasteiger partial charge in [0, 0.05) is 31.9 Å². The molecule has 0 fully saturated rings. The lowest BCUT2D eigenvalue weighted by molar-refractivity contribution is -0.116. The van der Waals surface area contributed by atoms with Gasteiger partial charge in [-0.05, 0) is 34.5 Å². The Kier molecular flexibility index (Phi) is 5.92. The molecule has 2 rings (SSSR count). The predicted octanol–water partition coefficient (Wildman–Crippen LogP) is 3.08. The largest absolute Gasteiger partial charge is 0.493 e. The molecule has 0 aliphatic heterocycles. The van der Waals surface area contributed by atoms with Crippen LogP contribution in [0.2, 0.25) is 0 Å². The average molecular weight is 383 g/mol. The second-order valence-electron chi connectivity index (χ2n) is 4.97. The number of halogens is 2. The van der Waals surface area contributed by atoms with Crippen molar-refractivity contribution in [1.82, 2.24) is 4.57 Å². The van der Waals surface area contributed by atoms with Gasteiger partial charge in [0.2, 0.25) is 11.3 Å². The normalized spacial score (nSPS) is 10.4. The van der Waals surface area contributed by atoms with Gasteiger partial charge in [-0.1, -0.05) is 6.07 Å². The van der Waals surface area contributed by atoms with E-state index in [0.29, 0.717) is 16.6 Å². The average Bonchev–Trinajstić information content (AvgIpc) is 2.49. The Morgan fingerprint density at radius 2 is 2.17 bits per heavy atom. The molecule has 0 aliphatic rings. The first-order valence-corrected chi connectivity index (χ1v) is 7.79. The molecule has 0 atom stereocenters. The molecular weight excluding hydrogens is 367 g/mol. The van der Waals surface area contributed by atoms with Gasteiger partial charge >= 0.3 is 0 Å². The third kappa shape index (κ3) is 5.21. The lowest BCUT2D eigenvalue weighted by Crippen LogP contribution is -2.20. The number of amides is 1. The van der Waals surface area contributed by atoms with E-state index in [1.165, 1.54) is 12.1 Å². The smallest absolute Gasteiger partial charge is 0.224 e. The molecule has 1 aromatic carbocycles. The molecule has 0 spiro atoms. The molecule has 1 heterocycles. The molecule has 1 amide bonds. The summed E-state index contributed by atoms with van der Waals surface area (Å²) in [7, 11) is 1.76. The number of ether oxygens (including phenoxy) is 1. The number of hydrogen-bond acceptors (Lipinski definition) is 3. The van der Waals surface area contributed by atoms with Crippen molar-refractivity contribution in [3.05, 3.63) is 57.2 Å². The summed E-state index contributed by atoms with van der Waals surface area (Å²) >= 11 is 3.15. The zero-order valence-corrected chi connectivity index (χ0v) is 14.1. The van der Waals surface area contributed by atoms with Crippen LogP contribution in [0.1, 0.15) is 12.8 Å². The fourth-order valence-corrected chi connectivity index (χ4v) is 2.48. The van der Waals surface area contributed by atoms with Crippen LogP contribution in [-0.4, -0.2) is 17.1 Å². The number of carbonyl (C=O) groups is 1. The Balaban J connectivity index is 1.81. The number of aromatic nitrogens is 1. The van der Waals surface area contributed by atoms with Gasteiger partial charge in [0.15, 0.2) is 0 Å². The highest BCUT2D eigenvalue weighted by atomic mass is 79.9. The van der Waals surface area contributed by atoms with Crippen molar-refractivity contribution in [3.63, 3.8) is 0 Å². The summed E-state index contributed by atoms with van der Waals surface area (Å²) in [5.41, 5.74) is -0.0506. The van der Waals surface area contributed by atoms with Crippen molar-refractivity contribution in [2.75, 3.05) is 11.9 Å². The Bertz CT molecular complexity index is 761. The third-order valence-corrected chi connectivity index (χ3v) is 3.56. The van der Waals surface area contributed by atoms with Crippen LogP contribution in [0.4, 0.5) is 10.1 Å². The van der Waals surface area contributed by atoms with Crippen molar-refractivity contribution in [3.8, 4) is 5.75 Å². The zero-order chi connectivity index (χ0) is 16.8. The molecule has 0 aliphatic carbocycles. The van der Waals surface area contributed by atoms with Crippen LogP contribution < -0.4 is 15.5 Å². The number of benzene rings is 1. The van der Waals surface area contributed by atoms with Gasteiger partial charge in [-0.15, -0.1) is 0 Å². The van der Waals surface area contributed by atoms with Crippen molar-refractivity contribution >= 4 is 27.5 Å². The van der Waals surface area contributed by atoms with Crippen molar-refractivity contribution < 1.29 is 13.9 Å². The first-order chi connectivity index (χ1) is 11.0. The summed E-state index contributed by atoms with van der Waals surface area (Å²) in [6.45, 7) is 0.285. The van der Waals surface area contributed by atoms with Gasteiger partial charge in [-0.25, -0.2) is 4.39 Å². The lowest BCUT2D eigenvalue weighted by Gasteiger charge is -2.08. The summed E-state index contributed by atoms with van der Waals surface area (Å²) in [5, 5.41) is 2.58. The molecule has 0 bridgehead atoms. The van der Waals surface area contributed by atoms with E-state index in [0.717, 1.165) is 0 Å². The summed E-state index contributed by atoms with van der Waals surface area (Å²) in [6, 6.07) is 5.82. The van der Waals surface area contributed by atoms with Crippen LogP contribution in [0.3, 0.4) is 0 Å². The van der Waals surface area contributed by atoms with Gasteiger partial charge < -0.3 is 14.6 Å². The second kappa shape index (κ2) is 7.92. The molecule has 2 aromatic rings. The Hall–Kier alpha value is -2.15. The molecule has 0 radical (unpaired) electrons. The Morgan fingerprint density at radius 3 is 2.91 bits per heavy atom. The maximum Gasteiger partial charge on any atom is 0.224 e. The van der Waals surface area contributed by atoms with Crippen molar-refractivity contribution in [2.45, 2.75) is 12.8 Å². The Labute approximate surface area is 141 Å². The molecule has 0 saturated heterocycles. The molecule has 1 N–H and O–H groups in total. The van der Waals surface area contributed by atoms with Crippen LogP contribution in [0.25, 0.3) is 0 Å². The zero-order valence-electron chi connectivity index (χ0n) is 12.5. The number of nitrogens with zero attached hydrogens (tertiary/aromatic N) is 1. The summed E-state index contributed by atoms with van der Waals surface area (Å²) in [6.07, 6.45) is 3.82. The second-order valence-corrected chi connectivity index (χ2v) is 5.83. The number of aryl methyl sites for hydroxylation is 1. The van der Waals surface area contributed by atoms with Gasteiger partial charge in [-0.3, -0.25) is 9.59 Å². The lowest BCUT2D eigenvalue weighted by atomic mass is 10.3. The van der Waals surface area contributed by atoms with Crippen LogP contribution >= 0.6 is 15.9 Å². The molecule has 1 aromatic heterocycles. The topological polar surface area (TPSA) is 60.3 Å². The maximum atomic E-state index is 13.0. The Morgan fingerprint density at radius 1 is 1.39 bits per heavy atom. The van der Waals surface area contributed by atoms with Crippen LogP contribution in [0.5, 0.6) is 5.75 Å². The number of pyridine rings is 1. The maximum absolute atomic E-state index is 13.0. The highest BCUT2D eigenvalue weighted by Gasteiger charge is 2.08. The highest BCUT2D eigenvalue weighted by molar-refractivity contribution is 9.10. The molecule has 5 nitrogen and oxygen atoms in total. The summed E-state index contributed by atoms with van der Waals surface area (Å²) in [4.78, 5) is 23.7. The molecule has 7 heteroatoms. The standard InChI is InChI=1S/C16H16BrFN2O3/c1-20-9-13(17)16(22)14(10-20)19-15(21)6-3-7-23-12-5-2-4-11(18)8-12/h2,4-5,8-10H,3,6-7H2,1H3,(H,19,21). The molecule has 0 unspecified atom stereocenters.